The Labute approximate surface area is 158 Å². The molecule has 140 valence electrons. The summed E-state index contributed by atoms with van der Waals surface area (Å²) < 4.78 is 7.46. The predicted molar refractivity (Wildman–Crippen MR) is 105 cm³/mol. The van der Waals surface area contributed by atoms with Crippen molar-refractivity contribution in [1.29, 1.82) is 0 Å². The molecule has 1 aliphatic heterocycles. The Bertz CT molecular complexity index is 966. The number of nitrogens with zero attached hydrogens (tertiary/aromatic N) is 3. The van der Waals surface area contributed by atoms with E-state index in [1.165, 1.54) is 0 Å². The summed E-state index contributed by atoms with van der Waals surface area (Å²) in [6, 6.07) is 11.7. The molecule has 1 N–H and O–H groups in total. The van der Waals surface area contributed by atoms with Crippen LogP contribution in [0.4, 0.5) is 5.82 Å². The molecule has 3 aromatic rings. The van der Waals surface area contributed by atoms with Gasteiger partial charge >= 0.3 is 0 Å². The summed E-state index contributed by atoms with van der Waals surface area (Å²) in [7, 11) is 3.51. The number of methoxy groups -OCH3 is 1. The number of likely N-dealkylation sites (tertiary alicyclic amines) is 1. The van der Waals surface area contributed by atoms with Crippen LogP contribution in [-0.2, 0) is 11.2 Å². The fourth-order valence-corrected chi connectivity index (χ4v) is 3.90. The Balaban J connectivity index is 1.61. The third kappa shape index (κ3) is 3.23. The second-order valence-corrected chi connectivity index (χ2v) is 6.80. The maximum atomic E-state index is 13.1. The van der Waals surface area contributed by atoms with Gasteiger partial charge in [-0.25, -0.2) is 4.98 Å². The van der Waals surface area contributed by atoms with E-state index in [1.807, 2.05) is 60.7 Å². The first-order valence-corrected chi connectivity index (χ1v) is 9.28. The number of ether oxygens (including phenoxy) is 1. The highest BCUT2D eigenvalue weighted by Crippen LogP contribution is 2.33. The Morgan fingerprint density at radius 1 is 1.30 bits per heavy atom. The highest BCUT2D eigenvalue weighted by Gasteiger charge is 2.31. The molecule has 0 spiro atoms. The minimum absolute atomic E-state index is 0.00565. The van der Waals surface area contributed by atoms with Gasteiger partial charge in [0.2, 0.25) is 5.91 Å². The first-order chi connectivity index (χ1) is 13.2. The molecule has 1 fully saturated rings. The molecule has 0 radical (unpaired) electrons. The lowest BCUT2D eigenvalue weighted by Crippen LogP contribution is -2.32. The van der Waals surface area contributed by atoms with E-state index in [9.17, 15) is 4.79 Å². The molecular formula is C21H24N4O2. The number of benzene rings is 1. The van der Waals surface area contributed by atoms with Crippen molar-refractivity contribution in [3.63, 3.8) is 0 Å². The van der Waals surface area contributed by atoms with Crippen molar-refractivity contribution in [2.24, 2.45) is 0 Å². The van der Waals surface area contributed by atoms with Gasteiger partial charge in [0.1, 0.15) is 11.6 Å². The van der Waals surface area contributed by atoms with Gasteiger partial charge in [-0.1, -0.05) is 18.2 Å². The molecule has 0 saturated carbocycles. The standard InChI is InChI=1S/C21H24N4O2/c1-22-21-18-9-5-11-24(18)14-16(23-21)17-8-6-12-25(17)20(26)13-15-7-3-4-10-19(15)27-2/h3-5,7,9-11,14,17H,6,8,12-13H2,1-2H3,(H,22,23)/t17-/m1/s1. The zero-order chi connectivity index (χ0) is 18.8. The van der Waals surface area contributed by atoms with Crippen LogP contribution in [0.3, 0.4) is 0 Å². The Morgan fingerprint density at radius 3 is 2.96 bits per heavy atom. The molecule has 6 heteroatoms. The number of carbonyl (C=O) groups excluding carboxylic acids is 1. The molecule has 1 aliphatic rings. The molecule has 0 bridgehead atoms. The maximum Gasteiger partial charge on any atom is 0.227 e. The van der Waals surface area contributed by atoms with E-state index in [0.717, 1.165) is 47.7 Å². The number of rotatable bonds is 5. The SMILES string of the molecule is CNc1nc([C@H]2CCCN2C(=O)Cc2ccccc2OC)cn2cccc12. The number of aromatic nitrogens is 2. The van der Waals surface area contributed by atoms with Crippen LogP contribution in [-0.4, -0.2) is 40.9 Å². The molecule has 0 aliphatic carbocycles. The van der Waals surface area contributed by atoms with Crippen LogP contribution < -0.4 is 10.1 Å². The first kappa shape index (κ1) is 17.4. The topological polar surface area (TPSA) is 58.9 Å². The van der Waals surface area contributed by atoms with Gasteiger partial charge in [-0.3, -0.25) is 4.79 Å². The van der Waals surface area contributed by atoms with Crippen molar-refractivity contribution >= 4 is 17.2 Å². The van der Waals surface area contributed by atoms with Crippen molar-refractivity contribution in [3.05, 3.63) is 60.0 Å². The van der Waals surface area contributed by atoms with Gasteiger partial charge in [0.15, 0.2) is 0 Å². The second-order valence-electron chi connectivity index (χ2n) is 6.80. The number of carbonyl (C=O) groups is 1. The van der Waals surface area contributed by atoms with Gasteiger partial charge in [0.25, 0.3) is 0 Å². The summed E-state index contributed by atoms with van der Waals surface area (Å²) in [5.74, 6) is 1.70. The number of para-hydroxylation sites is 1. The van der Waals surface area contributed by atoms with Crippen LogP contribution in [0.15, 0.2) is 48.8 Å². The fourth-order valence-electron chi connectivity index (χ4n) is 3.90. The number of hydrogen-bond donors (Lipinski definition) is 1. The van der Waals surface area contributed by atoms with Gasteiger partial charge in [0, 0.05) is 31.5 Å². The highest BCUT2D eigenvalue weighted by molar-refractivity contribution is 5.80. The average Bonchev–Trinajstić information content (AvgIpc) is 3.36. The fraction of sp³-hybridized carbons (Fsp3) is 0.333. The summed E-state index contributed by atoms with van der Waals surface area (Å²) >= 11 is 0. The monoisotopic (exact) mass is 364 g/mol. The van der Waals surface area contributed by atoms with Crippen molar-refractivity contribution in [2.75, 3.05) is 26.0 Å². The van der Waals surface area contributed by atoms with E-state index in [-0.39, 0.29) is 11.9 Å². The lowest BCUT2D eigenvalue weighted by molar-refractivity contribution is -0.131. The number of fused-ring (bicyclic) bond motifs is 1. The maximum absolute atomic E-state index is 13.1. The summed E-state index contributed by atoms with van der Waals surface area (Å²) in [4.78, 5) is 19.8. The molecule has 4 rings (SSSR count). The zero-order valence-corrected chi connectivity index (χ0v) is 15.7. The predicted octanol–water partition coefficient (Wildman–Crippen LogP) is 3.29. The quantitative estimate of drug-likeness (QED) is 0.755. The van der Waals surface area contributed by atoms with E-state index in [1.54, 1.807) is 7.11 Å². The summed E-state index contributed by atoms with van der Waals surface area (Å²) in [5, 5.41) is 3.17. The lowest BCUT2D eigenvalue weighted by Gasteiger charge is -2.25. The highest BCUT2D eigenvalue weighted by atomic mass is 16.5. The summed E-state index contributed by atoms with van der Waals surface area (Å²) in [6.07, 6.45) is 6.31. The zero-order valence-electron chi connectivity index (χ0n) is 15.7. The number of amides is 1. The number of anilines is 1. The number of hydrogen-bond acceptors (Lipinski definition) is 4. The van der Waals surface area contributed by atoms with Crippen molar-refractivity contribution < 1.29 is 9.53 Å². The molecule has 27 heavy (non-hydrogen) atoms. The van der Waals surface area contributed by atoms with Crippen LogP contribution in [0, 0.1) is 0 Å². The van der Waals surface area contributed by atoms with Crippen molar-refractivity contribution in [3.8, 4) is 5.75 Å². The van der Waals surface area contributed by atoms with Gasteiger partial charge < -0.3 is 19.4 Å². The molecule has 1 amide bonds. The molecule has 3 heterocycles. The molecule has 1 saturated heterocycles. The summed E-state index contributed by atoms with van der Waals surface area (Å²) in [6.45, 7) is 0.763. The average molecular weight is 364 g/mol. The Hall–Kier alpha value is -3.02. The van der Waals surface area contributed by atoms with E-state index < -0.39 is 0 Å². The number of nitrogens with one attached hydrogen (secondary N) is 1. The van der Waals surface area contributed by atoms with Crippen LogP contribution in [0.25, 0.3) is 5.52 Å². The lowest BCUT2D eigenvalue weighted by atomic mass is 10.1. The molecule has 2 aromatic heterocycles. The van der Waals surface area contributed by atoms with E-state index in [0.29, 0.717) is 6.42 Å². The van der Waals surface area contributed by atoms with Gasteiger partial charge in [0.05, 0.1) is 30.8 Å². The van der Waals surface area contributed by atoms with Crippen molar-refractivity contribution in [2.45, 2.75) is 25.3 Å². The third-order valence-corrected chi connectivity index (χ3v) is 5.22. The second kappa shape index (κ2) is 7.31. The van der Waals surface area contributed by atoms with Crippen LogP contribution >= 0.6 is 0 Å². The molecule has 6 nitrogen and oxygen atoms in total. The molecule has 0 unspecified atom stereocenters. The smallest absolute Gasteiger partial charge is 0.227 e. The molecule has 1 aromatic carbocycles. The third-order valence-electron chi connectivity index (χ3n) is 5.22. The minimum Gasteiger partial charge on any atom is -0.496 e. The summed E-state index contributed by atoms with van der Waals surface area (Å²) in [5.41, 5.74) is 2.88. The molecule has 1 atom stereocenters. The van der Waals surface area contributed by atoms with Crippen LogP contribution in [0.2, 0.25) is 0 Å². The largest absolute Gasteiger partial charge is 0.496 e. The Morgan fingerprint density at radius 2 is 2.15 bits per heavy atom. The van der Waals surface area contributed by atoms with Gasteiger partial charge in [-0.15, -0.1) is 0 Å². The molecular weight excluding hydrogens is 340 g/mol. The van der Waals surface area contributed by atoms with Crippen LogP contribution in [0.1, 0.15) is 30.1 Å². The van der Waals surface area contributed by atoms with E-state index >= 15 is 0 Å². The minimum atomic E-state index is 0.00565. The normalized spacial score (nSPS) is 16.7. The van der Waals surface area contributed by atoms with E-state index in [2.05, 4.69) is 9.72 Å². The van der Waals surface area contributed by atoms with Gasteiger partial charge in [-0.05, 0) is 31.0 Å². The first-order valence-electron chi connectivity index (χ1n) is 9.28. The Kier molecular flexibility index (Phi) is 4.71. The van der Waals surface area contributed by atoms with E-state index in [4.69, 9.17) is 9.72 Å². The van der Waals surface area contributed by atoms with Gasteiger partial charge in [-0.2, -0.15) is 0 Å². The van der Waals surface area contributed by atoms with Crippen LogP contribution in [0.5, 0.6) is 5.75 Å². The van der Waals surface area contributed by atoms with Crippen molar-refractivity contribution in [1.82, 2.24) is 14.3 Å².